The molecule has 0 amide bonds. The average molecular weight is 212 g/mol. The first-order valence-electron chi connectivity index (χ1n) is 6.26. The second kappa shape index (κ2) is 5.28. The molecule has 1 heterocycles. The monoisotopic (exact) mass is 212 g/mol. The van der Waals surface area contributed by atoms with Gasteiger partial charge < -0.3 is 10.1 Å². The molecule has 1 N–H and O–H groups in total. The van der Waals surface area contributed by atoms with Gasteiger partial charge in [-0.15, -0.1) is 0 Å². The minimum absolute atomic E-state index is 0.481. The van der Waals surface area contributed by atoms with E-state index in [0.717, 1.165) is 25.1 Å². The van der Waals surface area contributed by atoms with Gasteiger partial charge in [-0.1, -0.05) is 0 Å². The number of hydrogen-bond donors (Lipinski definition) is 1. The molecule has 3 nitrogen and oxygen atoms in total. The van der Waals surface area contributed by atoms with Crippen LogP contribution in [-0.2, 0) is 4.74 Å². The van der Waals surface area contributed by atoms with Gasteiger partial charge in [0.2, 0.25) is 0 Å². The van der Waals surface area contributed by atoms with Crippen LogP contribution in [0.15, 0.2) is 0 Å². The quantitative estimate of drug-likeness (QED) is 0.713. The Morgan fingerprint density at radius 2 is 2.33 bits per heavy atom. The van der Waals surface area contributed by atoms with Gasteiger partial charge in [0.25, 0.3) is 0 Å². The van der Waals surface area contributed by atoms with E-state index in [2.05, 4.69) is 17.1 Å². The number of likely N-dealkylation sites (tertiary alicyclic amines) is 1. The maximum Gasteiger partial charge on any atom is 0.0613 e. The standard InChI is InChI=1S/C12H24N2O/c1-10(9-15-2)13-5-6-14-8-11-3-4-12(14)7-11/h10-13H,3-9H2,1-2H3. The topological polar surface area (TPSA) is 24.5 Å². The van der Waals surface area contributed by atoms with Crippen molar-refractivity contribution in [1.29, 1.82) is 0 Å². The summed E-state index contributed by atoms with van der Waals surface area (Å²) in [6.45, 7) is 6.67. The summed E-state index contributed by atoms with van der Waals surface area (Å²) in [6, 6.07) is 1.39. The highest BCUT2D eigenvalue weighted by atomic mass is 16.5. The predicted octanol–water partition coefficient (Wildman–Crippen LogP) is 1.10. The number of nitrogens with zero attached hydrogens (tertiary/aromatic N) is 1. The van der Waals surface area contributed by atoms with Gasteiger partial charge >= 0.3 is 0 Å². The van der Waals surface area contributed by atoms with Crippen LogP contribution < -0.4 is 5.32 Å². The fraction of sp³-hybridized carbons (Fsp3) is 1.00. The average Bonchev–Trinajstić information content (AvgIpc) is 2.79. The van der Waals surface area contributed by atoms with E-state index < -0.39 is 0 Å². The summed E-state index contributed by atoms with van der Waals surface area (Å²) in [5.41, 5.74) is 0. The Morgan fingerprint density at radius 3 is 2.93 bits per heavy atom. The van der Waals surface area contributed by atoms with Crippen molar-refractivity contribution in [2.24, 2.45) is 5.92 Å². The van der Waals surface area contributed by atoms with Gasteiger partial charge in [-0.2, -0.15) is 0 Å². The molecule has 1 aliphatic heterocycles. The second-order valence-electron chi connectivity index (χ2n) is 5.14. The molecular formula is C12H24N2O. The van der Waals surface area contributed by atoms with E-state index in [1.54, 1.807) is 7.11 Å². The molecule has 15 heavy (non-hydrogen) atoms. The maximum atomic E-state index is 5.10. The molecule has 2 aliphatic rings. The summed E-state index contributed by atoms with van der Waals surface area (Å²) in [5.74, 6) is 1.02. The molecule has 2 bridgehead atoms. The van der Waals surface area contributed by atoms with Crippen molar-refractivity contribution in [3.63, 3.8) is 0 Å². The number of fused-ring (bicyclic) bond motifs is 2. The van der Waals surface area contributed by atoms with Gasteiger partial charge in [-0.25, -0.2) is 0 Å². The summed E-state index contributed by atoms with van der Waals surface area (Å²) in [4.78, 5) is 2.67. The molecule has 88 valence electrons. The number of rotatable bonds is 6. The summed E-state index contributed by atoms with van der Waals surface area (Å²) in [7, 11) is 1.76. The van der Waals surface area contributed by atoms with Crippen LogP contribution in [0, 0.1) is 5.92 Å². The first-order valence-corrected chi connectivity index (χ1v) is 6.26. The number of methoxy groups -OCH3 is 1. The molecular weight excluding hydrogens is 188 g/mol. The van der Waals surface area contributed by atoms with Crippen LogP contribution in [0.3, 0.4) is 0 Å². The normalized spacial score (nSPS) is 32.4. The highest BCUT2D eigenvalue weighted by molar-refractivity contribution is 4.92. The minimum Gasteiger partial charge on any atom is -0.383 e. The van der Waals surface area contributed by atoms with Crippen LogP contribution in [0.25, 0.3) is 0 Å². The molecule has 0 aromatic rings. The third kappa shape index (κ3) is 2.92. The number of hydrogen-bond acceptors (Lipinski definition) is 3. The SMILES string of the molecule is COCC(C)NCCN1CC2CCC1C2. The largest absolute Gasteiger partial charge is 0.383 e. The fourth-order valence-electron chi connectivity index (χ4n) is 3.06. The fourth-order valence-corrected chi connectivity index (χ4v) is 3.06. The van der Waals surface area contributed by atoms with Crippen molar-refractivity contribution in [3.05, 3.63) is 0 Å². The highest BCUT2D eigenvalue weighted by Gasteiger charge is 2.36. The van der Waals surface area contributed by atoms with E-state index in [4.69, 9.17) is 4.74 Å². The van der Waals surface area contributed by atoms with E-state index >= 15 is 0 Å². The molecule has 2 fully saturated rings. The van der Waals surface area contributed by atoms with E-state index in [1.807, 2.05) is 0 Å². The Hall–Kier alpha value is -0.120. The summed E-state index contributed by atoms with van der Waals surface area (Å²) in [6.07, 6.45) is 4.39. The molecule has 2 rings (SSSR count). The van der Waals surface area contributed by atoms with Crippen molar-refractivity contribution in [2.75, 3.05) is 33.4 Å². The second-order valence-corrected chi connectivity index (χ2v) is 5.14. The van der Waals surface area contributed by atoms with Gasteiger partial charge in [-0.3, -0.25) is 4.90 Å². The molecule has 1 saturated carbocycles. The number of nitrogens with one attached hydrogen (secondary N) is 1. The molecule has 3 unspecified atom stereocenters. The van der Waals surface area contributed by atoms with Crippen molar-refractivity contribution >= 4 is 0 Å². The lowest BCUT2D eigenvalue weighted by Gasteiger charge is -2.27. The van der Waals surface area contributed by atoms with Gasteiger partial charge in [0.15, 0.2) is 0 Å². The lowest BCUT2D eigenvalue weighted by atomic mass is 10.1. The molecule has 3 heteroatoms. The van der Waals surface area contributed by atoms with Gasteiger partial charge in [-0.05, 0) is 32.1 Å². The van der Waals surface area contributed by atoms with E-state index in [0.29, 0.717) is 6.04 Å². The number of piperidine rings is 1. The lowest BCUT2D eigenvalue weighted by Crippen LogP contribution is -2.40. The van der Waals surface area contributed by atoms with Crippen molar-refractivity contribution in [2.45, 2.75) is 38.3 Å². The van der Waals surface area contributed by atoms with Gasteiger partial charge in [0, 0.05) is 38.8 Å². The summed E-state index contributed by atoms with van der Waals surface area (Å²) in [5, 5.41) is 3.50. The third-order valence-corrected chi connectivity index (χ3v) is 3.83. The first kappa shape index (κ1) is 11.4. The van der Waals surface area contributed by atoms with Crippen molar-refractivity contribution in [3.8, 4) is 0 Å². The van der Waals surface area contributed by atoms with Crippen LogP contribution in [0.4, 0.5) is 0 Å². The molecule has 1 saturated heterocycles. The Labute approximate surface area is 93.2 Å². The van der Waals surface area contributed by atoms with E-state index in [-0.39, 0.29) is 0 Å². The van der Waals surface area contributed by atoms with Crippen LogP contribution in [0.5, 0.6) is 0 Å². The summed E-state index contributed by atoms with van der Waals surface area (Å²) >= 11 is 0. The Morgan fingerprint density at radius 1 is 1.47 bits per heavy atom. The molecule has 0 aromatic heterocycles. The predicted molar refractivity (Wildman–Crippen MR) is 62.0 cm³/mol. The van der Waals surface area contributed by atoms with Gasteiger partial charge in [0.1, 0.15) is 0 Å². The van der Waals surface area contributed by atoms with Gasteiger partial charge in [0.05, 0.1) is 6.61 Å². The minimum atomic E-state index is 0.481. The molecule has 1 aliphatic carbocycles. The number of ether oxygens (including phenoxy) is 1. The van der Waals surface area contributed by atoms with Crippen molar-refractivity contribution in [1.82, 2.24) is 10.2 Å². The smallest absolute Gasteiger partial charge is 0.0613 e. The van der Waals surface area contributed by atoms with Crippen LogP contribution in [0.1, 0.15) is 26.2 Å². The molecule has 0 radical (unpaired) electrons. The zero-order chi connectivity index (χ0) is 10.7. The molecule has 0 spiro atoms. The van der Waals surface area contributed by atoms with Crippen molar-refractivity contribution < 1.29 is 4.74 Å². The van der Waals surface area contributed by atoms with E-state index in [9.17, 15) is 0 Å². The van der Waals surface area contributed by atoms with Crippen LogP contribution in [-0.4, -0.2) is 50.3 Å². The van der Waals surface area contributed by atoms with Crippen LogP contribution in [0.2, 0.25) is 0 Å². The zero-order valence-electron chi connectivity index (χ0n) is 10.0. The lowest BCUT2D eigenvalue weighted by molar-refractivity contribution is 0.165. The third-order valence-electron chi connectivity index (χ3n) is 3.83. The zero-order valence-corrected chi connectivity index (χ0v) is 10.0. The summed E-state index contributed by atoms with van der Waals surface area (Å²) < 4.78 is 5.10. The highest BCUT2D eigenvalue weighted by Crippen LogP contribution is 2.36. The Kier molecular flexibility index (Phi) is 4.00. The maximum absolute atomic E-state index is 5.10. The molecule has 3 atom stereocenters. The van der Waals surface area contributed by atoms with E-state index in [1.165, 1.54) is 32.4 Å². The first-order chi connectivity index (χ1) is 7.29. The Balaban J connectivity index is 1.58. The molecule has 0 aromatic carbocycles. The Bertz CT molecular complexity index is 198. The van der Waals surface area contributed by atoms with Crippen LogP contribution >= 0.6 is 0 Å².